The molecule has 0 heterocycles. The fourth-order valence-corrected chi connectivity index (χ4v) is 5.16. The zero-order valence-corrected chi connectivity index (χ0v) is 22.1. The van der Waals surface area contributed by atoms with Gasteiger partial charge in [0, 0.05) is 0 Å². The summed E-state index contributed by atoms with van der Waals surface area (Å²) in [5.41, 5.74) is 1.66. The van der Waals surface area contributed by atoms with Gasteiger partial charge in [0.1, 0.15) is 0 Å². The van der Waals surface area contributed by atoms with E-state index in [2.05, 4.69) is 0 Å². The highest BCUT2D eigenvalue weighted by atomic mass is 32.2. The van der Waals surface area contributed by atoms with E-state index in [1.807, 2.05) is 0 Å². The van der Waals surface area contributed by atoms with E-state index in [1.165, 1.54) is 52.0 Å². The molecule has 2 aromatic rings. The summed E-state index contributed by atoms with van der Waals surface area (Å²) in [6, 6.07) is 11.6. The standard InChI is InChI=1S/C24H30O9S2/c1-15(2)21(32-34(27,28)19-11-7-17(5)8-12-19)23(25)31-24(26)22(16(3)4)33-35(29,30)20-13-9-18(6)10-14-20/h7-16,21-22H,1-6H3. The minimum Gasteiger partial charge on any atom is -0.389 e. The summed E-state index contributed by atoms with van der Waals surface area (Å²) in [4.78, 5) is 25.1. The molecule has 2 unspecified atom stereocenters. The Balaban J connectivity index is 2.20. The third-order valence-corrected chi connectivity index (χ3v) is 7.58. The minimum atomic E-state index is -4.35. The van der Waals surface area contributed by atoms with Crippen LogP contribution in [0.5, 0.6) is 0 Å². The van der Waals surface area contributed by atoms with Crippen LogP contribution in [-0.4, -0.2) is 41.0 Å². The first-order valence-electron chi connectivity index (χ1n) is 10.9. The summed E-state index contributed by atoms with van der Waals surface area (Å²) in [7, 11) is -8.69. The quantitative estimate of drug-likeness (QED) is 0.259. The maximum atomic E-state index is 12.7. The monoisotopic (exact) mass is 526 g/mol. The molecule has 0 radical (unpaired) electrons. The maximum absolute atomic E-state index is 12.7. The third-order valence-electron chi connectivity index (χ3n) is 4.96. The van der Waals surface area contributed by atoms with E-state index in [9.17, 15) is 26.4 Å². The second kappa shape index (κ2) is 11.4. The van der Waals surface area contributed by atoms with Crippen molar-refractivity contribution in [2.75, 3.05) is 0 Å². The molecular formula is C24H30O9S2. The molecule has 2 rings (SSSR count). The molecule has 2 atom stereocenters. The number of hydrogen-bond acceptors (Lipinski definition) is 9. The number of rotatable bonds is 10. The number of hydrogen-bond donors (Lipinski definition) is 0. The van der Waals surface area contributed by atoms with Crippen molar-refractivity contribution in [3.05, 3.63) is 59.7 Å². The van der Waals surface area contributed by atoms with Gasteiger partial charge in [-0.25, -0.2) is 9.59 Å². The van der Waals surface area contributed by atoms with E-state index in [-0.39, 0.29) is 9.79 Å². The van der Waals surface area contributed by atoms with E-state index < -0.39 is 56.2 Å². The highest BCUT2D eigenvalue weighted by molar-refractivity contribution is 7.87. The second-order valence-electron chi connectivity index (χ2n) is 8.80. The average Bonchev–Trinajstić information content (AvgIpc) is 2.76. The smallest absolute Gasteiger partial charge is 0.344 e. The van der Waals surface area contributed by atoms with Crippen LogP contribution in [-0.2, 0) is 42.9 Å². The Morgan fingerprint density at radius 2 is 0.886 bits per heavy atom. The lowest BCUT2D eigenvalue weighted by molar-refractivity contribution is -0.171. The first-order chi connectivity index (χ1) is 16.1. The molecule has 0 aliphatic heterocycles. The van der Waals surface area contributed by atoms with Crippen LogP contribution in [0.4, 0.5) is 0 Å². The van der Waals surface area contributed by atoms with Crippen molar-refractivity contribution < 1.29 is 39.5 Å². The molecule has 0 saturated heterocycles. The highest BCUT2D eigenvalue weighted by Gasteiger charge is 2.37. The van der Waals surface area contributed by atoms with Crippen molar-refractivity contribution >= 4 is 32.2 Å². The van der Waals surface area contributed by atoms with Gasteiger partial charge >= 0.3 is 11.9 Å². The molecule has 11 heteroatoms. The largest absolute Gasteiger partial charge is 0.389 e. The molecule has 0 fully saturated rings. The Bertz CT molecular complexity index is 1150. The normalized spacial score (nSPS) is 14.1. The first kappa shape index (κ1) is 28.6. The molecule has 192 valence electrons. The van der Waals surface area contributed by atoms with Crippen molar-refractivity contribution in [3.63, 3.8) is 0 Å². The van der Waals surface area contributed by atoms with E-state index in [0.29, 0.717) is 0 Å². The number of benzene rings is 2. The Morgan fingerprint density at radius 3 is 1.14 bits per heavy atom. The topological polar surface area (TPSA) is 130 Å². The molecule has 0 aliphatic rings. The number of carbonyl (C=O) groups excluding carboxylic acids is 2. The van der Waals surface area contributed by atoms with E-state index in [0.717, 1.165) is 11.1 Å². The zero-order chi connectivity index (χ0) is 26.6. The zero-order valence-electron chi connectivity index (χ0n) is 20.4. The van der Waals surface area contributed by atoms with Gasteiger partial charge in [-0.15, -0.1) is 0 Å². The van der Waals surface area contributed by atoms with Crippen molar-refractivity contribution in [2.45, 2.75) is 63.5 Å². The van der Waals surface area contributed by atoms with Crippen LogP contribution in [0, 0.1) is 25.7 Å². The van der Waals surface area contributed by atoms with Gasteiger partial charge in [-0.05, 0) is 49.9 Å². The predicted molar refractivity (Wildman–Crippen MR) is 127 cm³/mol. The van der Waals surface area contributed by atoms with E-state index in [1.54, 1.807) is 38.1 Å². The molecule has 0 aliphatic carbocycles. The van der Waals surface area contributed by atoms with Crippen LogP contribution in [0.25, 0.3) is 0 Å². The van der Waals surface area contributed by atoms with Gasteiger partial charge in [-0.2, -0.15) is 16.8 Å². The number of esters is 2. The van der Waals surface area contributed by atoms with Gasteiger partial charge in [0.25, 0.3) is 20.2 Å². The molecule has 35 heavy (non-hydrogen) atoms. The Morgan fingerprint density at radius 1 is 0.600 bits per heavy atom. The molecule has 0 spiro atoms. The van der Waals surface area contributed by atoms with Crippen LogP contribution in [0.2, 0.25) is 0 Å². The van der Waals surface area contributed by atoms with Crippen LogP contribution in [0.1, 0.15) is 38.8 Å². The Hall–Kier alpha value is -2.60. The van der Waals surface area contributed by atoms with Crippen molar-refractivity contribution in [3.8, 4) is 0 Å². The van der Waals surface area contributed by atoms with Crippen LogP contribution in [0.3, 0.4) is 0 Å². The minimum absolute atomic E-state index is 0.166. The van der Waals surface area contributed by atoms with Crippen LogP contribution in [0.15, 0.2) is 58.3 Å². The summed E-state index contributed by atoms with van der Waals surface area (Å²) < 4.78 is 65.6. The molecule has 0 amide bonds. The highest BCUT2D eigenvalue weighted by Crippen LogP contribution is 2.22. The lowest BCUT2D eigenvalue weighted by Gasteiger charge is -2.22. The molecule has 2 aromatic carbocycles. The average molecular weight is 527 g/mol. The predicted octanol–water partition coefficient (Wildman–Crippen LogP) is 3.53. The fourth-order valence-electron chi connectivity index (χ4n) is 2.85. The first-order valence-corrected chi connectivity index (χ1v) is 13.7. The van der Waals surface area contributed by atoms with Gasteiger partial charge in [-0.1, -0.05) is 63.1 Å². The summed E-state index contributed by atoms with van der Waals surface area (Å²) in [5.74, 6) is -3.93. The lowest BCUT2D eigenvalue weighted by Crippen LogP contribution is -2.40. The third kappa shape index (κ3) is 7.69. The van der Waals surface area contributed by atoms with Crippen molar-refractivity contribution in [1.29, 1.82) is 0 Å². The molecule has 0 bridgehead atoms. The lowest BCUT2D eigenvalue weighted by atomic mass is 10.1. The van der Waals surface area contributed by atoms with Crippen LogP contribution < -0.4 is 0 Å². The van der Waals surface area contributed by atoms with Gasteiger partial charge < -0.3 is 4.74 Å². The summed E-state index contributed by atoms with van der Waals surface area (Å²) in [6.07, 6.45) is -3.29. The number of aryl methyl sites for hydroxylation is 2. The second-order valence-corrected chi connectivity index (χ2v) is 11.9. The SMILES string of the molecule is Cc1ccc(S(=O)(=O)OC(C(=O)OC(=O)C(OS(=O)(=O)c2ccc(C)cc2)C(C)C)C(C)C)cc1. The summed E-state index contributed by atoms with van der Waals surface area (Å²) in [6.45, 7) is 9.62. The van der Waals surface area contributed by atoms with E-state index in [4.69, 9.17) is 13.1 Å². The van der Waals surface area contributed by atoms with Crippen LogP contribution >= 0.6 is 0 Å². The Labute approximate surface area is 206 Å². The number of carbonyl (C=O) groups is 2. The van der Waals surface area contributed by atoms with Crippen molar-refractivity contribution in [2.24, 2.45) is 11.8 Å². The molecule has 0 aromatic heterocycles. The molecule has 0 saturated carbocycles. The molecular weight excluding hydrogens is 496 g/mol. The molecule has 9 nitrogen and oxygen atoms in total. The van der Waals surface area contributed by atoms with Gasteiger partial charge in [-0.3, -0.25) is 8.37 Å². The summed E-state index contributed by atoms with van der Waals surface area (Å²) in [5, 5.41) is 0. The fraction of sp³-hybridized carbons (Fsp3) is 0.417. The maximum Gasteiger partial charge on any atom is 0.344 e. The van der Waals surface area contributed by atoms with Gasteiger partial charge in [0.05, 0.1) is 9.79 Å². The van der Waals surface area contributed by atoms with Gasteiger partial charge in [0.2, 0.25) is 0 Å². The Kier molecular flexibility index (Phi) is 9.35. The number of ether oxygens (including phenoxy) is 1. The van der Waals surface area contributed by atoms with Gasteiger partial charge in [0.15, 0.2) is 12.2 Å². The van der Waals surface area contributed by atoms with E-state index >= 15 is 0 Å². The van der Waals surface area contributed by atoms with Crippen molar-refractivity contribution in [1.82, 2.24) is 0 Å². The summed E-state index contributed by atoms with van der Waals surface area (Å²) >= 11 is 0. The molecule has 0 N–H and O–H groups in total.